The van der Waals surface area contributed by atoms with Crippen molar-refractivity contribution in [3.8, 4) is 0 Å². The van der Waals surface area contributed by atoms with Crippen LogP contribution in [0, 0.1) is 0 Å². The predicted molar refractivity (Wildman–Crippen MR) is 102 cm³/mol. The fourth-order valence-corrected chi connectivity index (χ4v) is 7.15. The largest absolute Gasteiger partial charge is 0.316 e. The summed E-state index contributed by atoms with van der Waals surface area (Å²) in [5.41, 5.74) is 0.873. The first kappa shape index (κ1) is 17.9. The highest BCUT2D eigenvalue weighted by Gasteiger charge is 2.49. The van der Waals surface area contributed by atoms with Gasteiger partial charge in [0.25, 0.3) is 0 Å². The van der Waals surface area contributed by atoms with E-state index in [0.717, 1.165) is 23.0 Å². The molecule has 2 atom stereocenters. The van der Waals surface area contributed by atoms with Crippen LogP contribution >= 0.6 is 27.7 Å². The van der Waals surface area contributed by atoms with Crippen molar-refractivity contribution in [1.29, 1.82) is 0 Å². The zero-order valence-corrected chi connectivity index (χ0v) is 16.5. The lowest BCUT2D eigenvalue weighted by Crippen LogP contribution is -2.37. The number of anilines is 1. The third-order valence-corrected chi connectivity index (χ3v) is 7.87. The van der Waals surface area contributed by atoms with Crippen molar-refractivity contribution < 1.29 is 13.2 Å². The van der Waals surface area contributed by atoms with E-state index in [1.165, 1.54) is 11.8 Å². The van der Waals surface area contributed by atoms with Crippen LogP contribution in [0.1, 0.15) is 26.2 Å². The SMILES string of the molecule is CCCCC(=O)N=C1S[C@@H]2CS(=O)(=O)C[C@H]2N1c1ccc(Br)cc1. The quantitative estimate of drug-likeness (QED) is 0.733. The maximum absolute atomic E-state index is 12.1. The number of unbranched alkanes of at least 4 members (excludes halogenated alkanes) is 1. The van der Waals surface area contributed by atoms with E-state index in [2.05, 4.69) is 20.9 Å². The molecule has 0 spiro atoms. The normalized spacial score (nSPS) is 26.8. The van der Waals surface area contributed by atoms with Gasteiger partial charge in [-0.05, 0) is 30.7 Å². The van der Waals surface area contributed by atoms with Crippen molar-refractivity contribution in [2.24, 2.45) is 4.99 Å². The molecule has 2 heterocycles. The van der Waals surface area contributed by atoms with E-state index < -0.39 is 9.84 Å². The van der Waals surface area contributed by atoms with Crippen molar-refractivity contribution in [2.45, 2.75) is 37.5 Å². The molecule has 0 saturated carbocycles. The molecule has 2 saturated heterocycles. The van der Waals surface area contributed by atoms with Gasteiger partial charge in [0.2, 0.25) is 5.91 Å². The van der Waals surface area contributed by atoms with Crippen molar-refractivity contribution in [1.82, 2.24) is 0 Å². The van der Waals surface area contributed by atoms with Crippen LogP contribution in [0.15, 0.2) is 33.7 Å². The standard InChI is InChI=1S/C16H19BrN2O3S2/c1-2-3-4-15(20)18-16-19(12-7-5-11(17)6-8-12)13-9-24(21,22)10-14(13)23-16/h5-8,13-14H,2-4,9-10H2,1H3/t13-,14-/m1/s1. The second kappa shape index (κ2) is 7.17. The monoisotopic (exact) mass is 430 g/mol. The van der Waals surface area contributed by atoms with Crippen LogP contribution in [-0.2, 0) is 14.6 Å². The lowest BCUT2D eigenvalue weighted by molar-refractivity contribution is -0.117. The van der Waals surface area contributed by atoms with Gasteiger partial charge in [-0.15, -0.1) is 0 Å². The molecule has 1 amide bonds. The highest BCUT2D eigenvalue weighted by atomic mass is 79.9. The van der Waals surface area contributed by atoms with Crippen LogP contribution in [-0.4, -0.2) is 42.3 Å². The summed E-state index contributed by atoms with van der Waals surface area (Å²) in [5.74, 6) is 0.129. The number of aliphatic imine (C=N–C) groups is 1. The first-order valence-corrected chi connectivity index (χ1v) is 11.4. The minimum absolute atomic E-state index is 0.0589. The smallest absolute Gasteiger partial charge is 0.248 e. The number of nitrogens with zero attached hydrogens (tertiary/aromatic N) is 2. The molecule has 2 aliphatic rings. The number of carbonyl (C=O) groups is 1. The van der Waals surface area contributed by atoms with Gasteiger partial charge >= 0.3 is 0 Å². The number of thioether (sulfide) groups is 1. The molecule has 1 aromatic rings. The Morgan fingerprint density at radius 2 is 2.04 bits per heavy atom. The molecular formula is C16H19BrN2O3S2. The summed E-state index contributed by atoms with van der Waals surface area (Å²) in [7, 11) is -3.03. The minimum Gasteiger partial charge on any atom is -0.316 e. The van der Waals surface area contributed by atoms with E-state index in [4.69, 9.17) is 0 Å². The zero-order chi connectivity index (χ0) is 17.3. The topological polar surface area (TPSA) is 66.8 Å². The number of hydrogen-bond acceptors (Lipinski definition) is 4. The van der Waals surface area contributed by atoms with Gasteiger partial charge in [0, 0.05) is 21.8 Å². The first-order chi connectivity index (χ1) is 11.4. The molecule has 5 nitrogen and oxygen atoms in total. The third kappa shape index (κ3) is 3.86. The molecule has 130 valence electrons. The number of amidine groups is 1. The summed E-state index contributed by atoms with van der Waals surface area (Å²) < 4.78 is 24.9. The lowest BCUT2D eigenvalue weighted by Gasteiger charge is -2.24. The van der Waals surface area contributed by atoms with Crippen LogP contribution in [0.25, 0.3) is 0 Å². The van der Waals surface area contributed by atoms with Crippen LogP contribution in [0.3, 0.4) is 0 Å². The molecule has 0 unspecified atom stereocenters. The van der Waals surface area contributed by atoms with E-state index in [-0.39, 0.29) is 28.7 Å². The summed E-state index contributed by atoms with van der Waals surface area (Å²) in [5, 5.41) is 0.569. The van der Waals surface area contributed by atoms with Gasteiger partial charge in [0.1, 0.15) is 0 Å². The number of fused-ring (bicyclic) bond motifs is 1. The van der Waals surface area contributed by atoms with Crippen molar-refractivity contribution in [2.75, 3.05) is 16.4 Å². The molecule has 3 rings (SSSR count). The number of rotatable bonds is 4. The van der Waals surface area contributed by atoms with Crippen LogP contribution in [0.2, 0.25) is 0 Å². The molecule has 24 heavy (non-hydrogen) atoms. The molecule has 0 radical (unpaired) electrons. The Kier molecular flexibility index (Phi) is 5.36. The molecule has 2 aliphatic heterocycles. The van der Waals surface area contributed by atoms with E-state index in [9.17, 15) is 13.2 Å². The Morgan fingerprint density at radius 3 is 2.71 bits per heavy atom. The van der Waals surface area contributed by atoms with Crippen molar-refractivity contribution >= 4 is 54.3 Å². The molecule has 0 bridgehead atoms. The average Bonchev–Trinajstić information content (AvgIpc) is 2.97. The molecule has 0 N–H and O–H groups in total. The maximum atomic E-state index is 12.1. The molecule has 0 aromatic heterocycles. The van der Waals surface area contributed by atoms with Gasteiger partial charge in [0.05, 0.1) is 17.5 Å². The van der Waals surface area contributed by atoms with E-state index in [0.29, 0.717) is 11.6 Å². The third-order valence-electron chi connectivity index (χ3n) is 4.14. The van der Waals surface area contributed by atoms with E-state index >= 15 is 0 Å². The van der Waals surface area contributed by atoms with Crippen LogP contribution < -0.4 is 4.90 Å². The van der Waals surface area contributed by atoms with Crippen LogP contribution in [0.4, 0.5) is 5.69 Å². The Bertz CT molecular complexity index is 762. The van der Waals surface area contributed by atoms with Crippen molar-refractivity contribution in [3.63, 3.8) is 0 Å². The van der Waals surface area contributed by atoms with Gasteiger partial charge < -0.3 is 4.90 Å². The minimum atomic E-state index is -3.03. The predicted octanol–water partition coefficient (Wildman–Crippen LogP) is 3.24. The molecule has 0 aliphatic carbocycles. The Labute approximate surface area is 155 Å². The maximum Gasteiger partial charge on any atom is 0.248 e. The van der Waals surface area contributed by atoms with Crippen molar-refractivity contribution in [3.05, 3.63) is 28.7 Å². The number of hydrogen-bond donors (Lipinski definition) is 0. The number of carbonyl (C=O) groups excluding carboxylic acids is 1. The highest BCUT2D eigenvalue weighted by Crippen LogP contribution is 2.41. The van der Waals surface area contributed by atoms with Gasteiger partial charge in [-0.25, -0.2) is 8.42 Å². The second-order valence-corrected chi connectivity index (χ2v) is 10.3. The number of benzene rings is 1. The fraction of sp³-hybridized carbons (Fsp3) is 0.500. The summed E-state index contributed by atoms with van der Waals surface area (Å²) in [6.45, 7) is 2.04. The number of sulfone groups is 1. The van der Waals surface area contributed by atoms with Gasteiger partial charge in [0.15, 0.2) is 15.0 Å². The average molecular weight is 431 g/mol. The number of halogens is 1. The Balaban J connectivity index is 1.92. The second-order valence-electron chi connectivity index (χ2n) is 6.04. The lowest BCUT2D eigenvalue weighted by atomic mass is 10.2. The van der Waals surface area contributed by atoms with Gasteiger partial charge in [-0.2, -0.15) is 4.99 Å². The molecular weight excluding hydrogens is 412 g/mol. The van der Waals surface area contributed by atoms with E-state index in [1.54, 1.807) is 0 Å². The summed E-state index contributed by atoms with van der Waals surface area (Å²) in [4.78, 5) is 18.3. The molecule has 1 aromatic carbocycles. The Morgan fingerprint density at radius 1 is 1.33 bits per heavy atom. The first-order valence-electron chi connectivity index (χ1n) is 7.93. The molecule has 2 fully saturated rings. The zero-order valence-electron chi connectivity index (χ0n) is 13.3. The summed E-state index contributed by atoms with van der Waals surface area (Å²) >= 11 is 4.83. The summed E-state index contributed by atoms with van der Waals surface area (Å²) in [6.07, 6.45) is 2.20. The Hall–Kier alpha value is -0.860. The fourth-order valence-electron chi connectivity index (χ4n) is 2.96. The number of amides is 1. The molecule has 8 heteroatoms. The van der Waals surface area contributed by atoms with E-state index in [1.807, 2.05) is 36.1 Å². The van der Waals surface area contributed by atoms with Gasteiger partial charge in [-0.1, -0.05) is 41.0 Å². The van der Waals surface area contributed by atoms with Crippen LogP contribution in [0.5, 0.6) is 0 Å². The highest BCUT2D eigenvalue weighted by molar-refractivity contribution is 9.10. The van der Waals surface area contributed by atoms with Gasteiger partial charge in [-0.3, -0.25) is 4.79 Å². The summed E-state index contributed by atoms with van der Waals surface area (Å²) in [6, 6.07) is 7.51.